The number of amides is 1. The van der Waals surface area contributed by atoms with Crippen molar-refractivity contribution in [2.24, 2.45) is 5.92 Å². The number of piperidine rings is 1. The number of nitrogen functional groups attached to an aromatic ring is 1. The summed E-state index contributed by atoms with van der Waals surface area (Å²) in [5, 5.41) is 6.38. The Kier molecular flexibility index (Phi) is 6.12. The van der Waals surface area contributed by atoms with Crippen LogP contribution < -0.4 is 27.2 Å². The summed E-state index contributed by atoms with van der Waals surface area (Å²) in [7, 11) is 1.82. The monoisotopic (exact) mass is 527 g/mol. The first-order valence-corrected chi connectivity index (χ1v) is 13.2. The second-order valence-electron chi connectivity index (χ2n) is 10.7. The summed E-state index contributed by atoms with van der Waals surface area (Å²) in [5.41, 5.74) is 16.2. The number of rotatable bonds is 6. The van der Waals surface area contributed by atoms with Gasteiger partial charge in [-0.2, -0.15) is 4.98 Å². The molecule has 6 rings (SSSR count). The van der Waals surface area contributed by atoms with Crippen molar-refractivity contribution in [3.8, 4) is 0 Å². The van der Waals surface area contributed by atoms with Gasteiger partial charge in [-0.05, 0) is 69.5 Å². The van der Waals surface area contributed by atoms with Crippen LogP contribution in [0.2, 0.25) is 0 Å². The van der Waals surface area contributed by atoms with E-state index in [9.17, 15) is 4.79 Å². The smallest absolute Gasteiger partial charge is 0.300 e. The van der Waals surface area contributed by atoms with Gasteiger partial charge in [-0.1, -0.05) is 24.3 Å². The van der Waals surface area contributed by atoms with Gasteiger partial charge in [-0.25, -0.2) is 15.4 Å². The Morgan fingerprint density at radius 3 is 2.59 bits per heavy atom. The molecule has 2 aromatic carbocycles. The lowest BCUT2D eigenvalue weighted by atomic mass is 9.70. The highest BCUT2D eigenvalue weighted by atomic mass is 16.4. The van der Waals surface area contributed by atoms with Crippen LogP contribution in [-0.2, 0) is 10.3 Å². The molecule has 0 bridgehead atoms. The molecule has 2 aliphatic heterocycles. The molecule has 0 saturated carbocycles. The Balaban J connectivity index is 1.30. The molecule has 11 nitrogen and oxygen atoms in total. The summed E-state index contributed by atoms with van der Waals surface area (Å²) in [6, 6.07) is 16.2. The first-order valence-electron chi connectivity index (χ1n) is 13.2. The highest BCUT2D eigenvalue weighted by Crippen LogP contribution is 2.49. The van der Waals surface area contributed by atoms with E-state index in [1.807, 2.05) is 62.2 Å². The number of carbonyl (C=O) groups excluding carboxylic acids is 1. The van der Waals surface area contributed by atoms with Crippen molar-refractivity contribution in [1.29, 1.82) is 0 Å². The lowest BCUT2D eigenvalue weighted by molar-refractivity contribution is -0.138. The quantitative estimate of drug-likeness (QED) is 0.253. The number of hydrogen-bond acceptors (Lipinski definition) is 10. The maximum Gasteiger partial charge on any atom is 0.300 e. The van der Waals surface area contributed by atoms with E-state index in [1.54, 1.807) is 0 Å². The largest absolute Gasteiger partial charge is 0.423 e. The number of hydrogen-bond donors (Lipinski definition) is 5. The molecule has 0 radical (unpaired) electrons. The molecule has 1 saturated heterocycles. The molecule has 202 valence electrons. The third-order valence-electron chi connectivity index (χ3n) is 8.09. The van der Waals surface area contributed by atoms with Gasteiger partial charge in [-0.15, -0.1) is 0 Å². The lowest BCUT2D eigenvalue weighted by Crippen LogP contribution is -2.57. The highest BCUT2D eigenvalue weighted by molar-refractivity contribution is 5.85. The van der Waals surface area contributed by atoms with Crippen LogP contribution in [-0.4, -0.2) is 51.4 Å². The maximum atomic E-state index is 13.1. The van der Waals surface area contributed by atoms with Gasteiger partial charge in [0.2, 0.25) is 5.91 Å². The number of para-hydroxylation sites is 2. The number of anilines is 4. The van der Waals surface area contributed by atoms with E-state index in [0.29, 0.717) is 30.7 Å². The van der Waals surface area contributed by atoms with Gasteiger partial charge in [0.25, 0.3) is 6.01 Å². The first-order chi connectivity index (χ1) is 18.8. The van der Waals surface area contributed by atoms with Gasteiger partial charge in [0.15, 0.2) is 11.4 Å². The number of fused-ring (bicyclic) bond motifs is 2. The molecule has 1 atom stereocenters. The minimum absolute atomic E-state index is 0.105. The van der Waals surface area contributed by atoms with Gasteiger partial charge in [-0.3, -0.25) is 4.79 Å². The summed E-state index contributed by atoms with van der Waals surface area (Å²) in [4.78, 5) is 28.3. The predicted octanol–water partition coefficient (Wildman–Crippen LogP) is 3.35. The standard InChI is InChI=1S/C28H33N9O2/c1-27(2,30-3)25(38)37-14-12-18(13-15-37)28(22-23(29)31-16-32-24(22)35-36-28)17-8-10-19(11-9-17)33-26-34-20-6-4-5-7-21(20)39-26/h4-11,16,18,30,36H,12-15H2,1-3H3,(H,33,34)(H3,29,31,32,35). The van der Waals surface area contributed by atoms with Gasteiger partial charge in [0, 0.05) is 18.8 Å². The third-order valence-corrected chi connectivity index (χ3v) is 8.09. The topological polar surface area (TPSA) is 146 Å². The number of nitrogens with one attached hydrogen (secondary N) is 4. The Labute approximate surface area is 226 Å². The highest BCUT2D eigenvalue weighted by Gasteiger charge is 2.50. The number of hydrazine groups is 1. The molecular formula is C28H33N9O2. The Morgan fingerprint density at radius 2 is 1.87 bits per heavy atom. The molecule has 39 heavy (non-hydrogen) atoms. The van der Waals surface area contributed by atoms with Crippen molar-refractivity contribution >= 4 is 40.3 Å². The van der Waals surface area contributed by atoms with Gasteiger partial charge >= 0.3 is 0 Å². The normalized spacial score (nSPS) is 19.6. The maximum absolute atomic E-state index is 13.1. The zero-order chi connectivity index (χ0) is 27.2. The number of nitrogens with two attached hydrogens (primary N) is 1. The van der Waals surface area contributed by atoms with Crippen LogP contribution in [0, 0.1) is 5.92 Å². The number of nitrogens with zero attached hydrogens (tertiary/aromatic N) is 4. The number of likely N-dealkylation sites (tertiary alicyclic amines) is 1. The zero-order valence-electron chi connectivity index (χ0n) is 22.3. The molecular weight excluding hydrogens is 494 g/mol. The van der Waals surface area contributed by atoms with Crippen molar-refractivity contribution < 1.29 is 9.21 Å². The summed E-state index contributed by atoms with van der Waals surface area (Å²) in [6.45, 7) is 5.13. The molecule has 4 aromatic rings. The van der Waals surface area contributed by atoms with E-state index in [-0.39, 0.29) is 11.8 Å². The molecule has 6 N–H and O–H groups in total. The first kappa shape index (κ1) is 25.1. The van der Waals surface area contributed by atoms with Crippen LogP contribution in [0.1, 0.15) is 37.8 Å². The van der Waals surface area contributed by atoms with Crippen LogP contribution in [0.3, 0.4) is 0 Å². The number of likely N-dealkylation sites (N-methyl/N-ethyl adjacent to an activating group) is 1. The molecule has 2 aromatic heterocycles. The van der Waals surface area contributed by atoms with Crippen LogP contribution >= 0.6 is 0 Å². The number of carbonyl (C=O) groups is 1. The molecule has 4 heterocycles. The molecule has 0 aliphatic carbocycles. The molecule has 1 amide bonds. The average Bonchev–Trinajstić information content (AvgIpc) is 3.56. The molecule has 1 fully saturated rings. The third kappa shape index (κ3) is 4.23. The van der Waals surface area contributed by atoms with E-state index in [1.165, 1.54) is 6.33 Å². The summed E-state index contributed by atoms with van der Waals surface area (Å²) in [5.74, 6) is 1.34. The molecule has 2 aliphatic rings. The second kappa shape index (κ2) is 9.51. The molecule has 0 spiro atoms. The molecule has 1 unspecified atom stereocenters. The van der Waals surface area contributed by atoms with E-state index >= 15 is 0 Å². The minimum atomic E-state index is -0.662. The zero-order valence-corrected chi connectivity index (χ0v) is 22.3. The second-order valence-corrected chi connectivity index (χ2v) is 10.7. The van der Waals surface area contributed by atoms with Crippen LogP contribution in [0.15, 0.2) is 59.3 Å². The summed E-state index contributed by atoms with van der Waals surface area (Å²) in [6.07, 6.45) is 3.04. The van der Waals surface area contributed by atoms with E-state index in [2.05, 4.69) is 48.6 Å². The van der Waals surface area contributed by atoms with Crippen LogP contribution in [0.4, 0.5) is 23.3 Å². The van der Waals surface area contributed by atoms with Crippen molar-refractivity contribution in [2.75, 3.05) is 36.6 Å². The van der Waals surface area contributed by atoms with Crippen LogP contribution in [0.5, 0.6) is 0 Å². The van der Waals surface area contributed by atoms with Crippen molar-refractivity contribution in [3.63, 3.8) is 0 Å². The minimum Gasteiger partial charge on any atom is -0.423 e. The summed E-state index contributed by atoms with van der Waals surface area (Å²) < 4.78 is 5.83. The van der Waals surface area contributed by atoms with Crippen molar-refractivity contribution in [3.05, 3.63) is 66.0 Å². The van der Waals surface area contributed by atoms with Crippen molar-refractivity contribution in [2.45, 2.75) is 37.8 Å². The summed E-state index contributed by atoms with van der Waals surface area (Å²) >= 11 is 0. The molecule has 11 heteroatoms. The number of aromatic nitrogens is 3. The SMILES string of the molecule is CNC(C)(C)C(=O)N1CCC(C2(c3ccc(Nc4nc5ccccc5o4)cc3)NNc3ncnc(N)c32)CC1. The van der Waals surface area contributed by atoms with Gasteiger partial charge < -0.3 is 31.1 Å². The lowest BCUT2D eigenvalue weighted by Gasteiger charge is -2.44. The Bertz CT molecular complexity index is 1480. The number of oxazole rings is 1. The van der Waals surface area contributed by atoms with Crippen molar-refractivity contribution in [1.82, 2.24) is 30.6 Å². The van der Waals surface area contributed by atoms with E-state index in [4.69, 9.17) is 10.2 Å². The average molecular weight is 528 g/mol. The van der Waals surface area contributed by atoms with E-state index < -0.39 is 11.1 Å². The van der Waals surface area contributed by atoms with Gasteiger partial charge in [0.05, 0.1) is 16.6 Å². The van der Waals surface area contributed by atoms with Gasteiger partial charge in [0.1, 0.15) is 17.7 Å². The van der Waals surface area contributed by atoms with Crippen LogP contribution in [0.25, 0.3) is 11.1 Å². The number of benzene rings is 2. The Hall–Kier alpha value is -4.22. The van der Waals surface area contributed by atoms with E-state index in [0.717, 1.165) is 40.8 Å². The predicted molar refractivity (Wildman–Crippen MR) is 150 cm³/mol. The fraction of sp³-hybridized carbons (Fsp3) is 0.357. The fourth-order valence-electron chi connectivity index (χ4n) is 5.74. The Morgan fingerprint density at radius 1 is 1.13 bits per heavy atom. The fourth-order valence-corrected chi connectivity index (χ4v) is 5.74.